The van der Waals surface area contributed by atoms with Gasteiger partial charge in [-0.05, 0) is 49.3 Å². The second kappa shape index (κ2) is 4.73. The third-order valence-electron chi connectivity index (χ3n) is 3.55. The highest BCUT2D eigenvalue weighted by Crippen LogP contribution is 2.25. The molecule has 0 bridgehead atoms. The molecule has 3 rings (SSSR count). The van der Waals surface area contributed by atoms with E-state index in [4.69, 9.17) is 0 Å². The van der Waals surface area contributed by atoms with Gasteiger partial charge in [0.2, 0.25) is 0 Å². The zero-order chi connectivity index (χ0) is 11.7. The lowest BCUT2D eigenvalue weighted by Gasteiger charge is -2.20. The lowest BCUT2D eigenvalue weighted by atomic mass is 10.0. The van der Waals surface area contributed by atoms with Gasteiger partial charge in [-0.15, -0.1) is 0 Å². The largest absolute Gasteiger partial charge is 0.301 e. The molecule has 1 saturated heterocycles. The van der Waals surface area contributed by atoms with Gasteiger partial charge in [0.15, 0.2) is 0 Å². The Bertz CT molecular complexity index is 512. The highest BCUT2D eigenvalue weighted by molar-refractivity contribution is 7.99. The summed E-state index contributed by atoms with van der Waals surface area (Å²) in [4.78, 5) is 4.60. The van der Waals surface area contributed by atoms with Gasteiger partial charge < -0.3 is 4.40 Å². The van der Waals surface area contributed by atoms with Gasteiger partial charge in [0.25, 0.3) is 0 Å². The van der Waals surface area contributed by atoms with Crippen molar-refractivity contribution in [2.24, 2.45) is 5.92 Å². The molecule has 0 saturated carbocycles. The maximum atomic E-state index is 4.60. The summed E-state index contributed by atoms with van der Waals surface area (Å²) in [6.07, 6.45) is 5.87. The molecular formula is C14H18N2S. The Labute approximate surface area is 106 Å². The van der Waals surface area contributed by atoms with E-state index in [1.165, 1.54) is 41.4 Å². The lowest BCUT2D eigenvalue weighted by Crippen LogP contribution is -2.15. The Hall–Kier alpha value is -0.960. The summed E-state index contributed by atoms with van der Waals surface area (Å²) < 4.78 is 2.30. The van der Waals surface area contributed by atoms with Crippen LogP contribution in [-0.4, -0.2) is 20.9 Å². The summed E-state index contributed by atoms with van der Waals surface area (Å²) in [5.74, 6) is 4.71. The molecule has 0 aromatic carbocycles. The first kappa shape index (κ1) is 11.1. The van der Waals surface area contributed by atoms with Crippen LogP contribution in [0.5, 0.6) is 0 Å². The Balaban J connectivity index is 1.89. The third kappa shape index (κ3) is 2.21. The van der Waals surface area contributed by atoms with E-state index in [2.05, 4.69) is 46.3 Å². The first-order chi connectivity index (χ1) is 8.34. The van der Waals surface area contributed by atoms with Crippen LogP contribution >= 0.6 is 11.8 Å². The molecule has 0 aliphatic carbocycles. The van der Waals surface area contributed by atoms with E-state index in [9.17, 15) is 0 Å². The molecule has 17 heavy (non-hydrogen) atoms. The van der Waals surface area contributed by atoms with Crippen molar-refractivity contribution in [3.63, 3.8) is 0 Å². The number of hydrogen-bond acceptors (Lipinski definition) is 2. The molecule has 1 atom stereocenters. The second-order valence-electron chi connectivity index (χ2n) is 4.89. The monoisotopic (exact) mass is 246 g/mol. The van der Waals surface area contributed by atoms with Gasteiger partial charge in [-0.25, -0.2) is 4.98 Å². The maximum absolute atomic E-state index is 4.60. The van der Waals surface area contributed by atoms with Crippen molar-refractivity contribution in [2.75, 3.05) is 11.5 Å². The standard InChI is InChI=1S/C14H18N2S/c1-11-4-2-6-13-9-15-14(16(11)13)8-12-5-3-7-17-10-12/h2,4,6,9,12H,3,5,7-8,10H2,1H3. The lowest BCUT2D eigenvalue weighted by molar-refractivity contribution is 0.507. The molecule has 2 aromatic rings. The van der Waals surface area contributed by atoms with Gasteiger partial charge >= 0.3 is 0 Å². The topological polar surface area (TPSA) is 17.3 Å². The predicted molar refractivity (Wildman–Crippen MR) is 73.7 cm³/mol. The average Bonchev–Trinajstić information content (AvgIpc) is 2.75. The minimum Gasteiger partial charge on any atom is -0.301 e. The van der Waals surface area contributed by atoms with Crippen LogP contribution in [0.15, 0.2) is 24.4 Å². The molecule has 0 amide bonds. The normalized spacial score (nSPS) is 20.9. The molecule has 0 radical (unpaired) electrons. The van der Waals surface area contributed by atoms with E-state index in [0.29, 0.717) is 0 Å². The van der Waals surface area contributed by atoms with Crippen molar-refractivity contribution in [1.29, 1.82) is 0 Å². The fourth-order valence-corrected chi connectivity index (χ4v) is 3.82. The van der Waals surface area contributed by atoms with Gasteiger partial charge in [0.05, 0.1) is 11.7 Å². The zero-order valence-electron chi connectivity index (χ0n) is 10.2. The van der Waals surface area contributed by atoms with E-state index in [0.717, 1.165) is 12.3 Å². The number of thioether (sulfide) groups is 1. The molecule has 1 aliphatic rings. The van der Waals surface area contributed by atoms with Crippen molar-refractivity contribution in [3.05, 3.63) is 35.9 Å². The van der Waals surface area contributed by atoms with Crippen molar-refractivity contribution in [3.8, 4) is 0 Å². The molecule has 1 fully saturated rings. The number of aryl methyl sites for hydroxylation is 1. The van der Waals surface area contributed by atoms with Gasteiger partial charge in [0, 0.05) is 12.1 Å². The van der Waals surface area contributed by atoms with Gasteiger partial charge in [-0.2, -0.15) is 11.8 Å². The Kier molecular flexibility index (Phi) is 3.10. The van der Waals surface area contributed by atoms with Crippen LogP contribution in [0, 0.1) is 12.8 Å². The smallest absolute Gasteiger partial charge is 0.113 e. The van der Waals surface area contributed by atoms with E-state index >= 15 is 0 Å². The SMILES string of the molecule is Cc1cccc2cnc(CC3CCCSC3)n12. The summed E-state index contributed by atoms with van der Waals surface area (Å²) in [5.41, 5.74) is 2.52. The molecule has 2 aromatic heterocycles. The molecule has 90 valence electrons. The number of aromatic nitrogens is 2. The number of fused-ring (bicyclic) bond motifs is 1. The zero-order valence-corrected chi connectivity index (χ0v) is 11.0. The molecule has 1 aliphatic heterocycles. The van der Waals surface area contributed by atoms with Crippen LogP contribution in [-0.2, 0) is 6.42 Å². The Morgan fingerprint density at radius 1 is 1.47 bits per heavy atom. The molecule has 3 heteroatoms. The Morgan fingerprint density at radius 3 is 3.24 bits per heavy atom. The molecular weight excluding hydrogens is 228 g/mol. The van der Waals surface area contributed by atoms with Crippen LogP contribution in [0.2, 0.25) is 0 Å². The molecule has 2 nitrogen and oxygen atoms in total. The van der Waals surface area contributed by atoms with Gasteiger partial charge in [0.1, 0.15) is 5.82 Å². The van der Waals surface area contributed by atoms with E-state index < -0.39 is 0 Å². The van der Waals surface area contributed by atoms with Crippen LogP contribution in [0.1, 0.15) is 24.4 Å². The van der Waals surface area contributed by atoms with E-state index in [1.54, 1.807) is 0 Å². The number of pyridine rings is 1. The summed E-state index contributed by atoms with van der Waals surface area (Å²) in [7, 11) is 0. The highest BCUT2D eigenvalue weighted by atomic mass is 32.2. The van der Waals surface area contributed by atoms with Crippen LogP contribution in [0.25, 0.3) is 5.52 Å². The fourth-order valence-electron chi connectivity index (χ4n) is 2.66. The summed E-state index contributed by atoms with van der Waals surface area (Å²) in [6, 6.07) is 6.40. The van der Waals surface area contributed by atoms with Crippen molar-refractivity contribution in [2.45, 2.75) is 26.2 Å². The first-order valence-corrected chi connectivity index (χ1v) is 7.50. The first-order valence-electron chi connectivity index (χ1n) is 6.34. The summed E-state index contributed by atoms with van der Waals surface area (Å²) in [6.45, 7) is 2.16. The molecule has 0 spiro atoms. The Morgan fingerprint density at radius 2 is 2.41 bits per heavy atom. The van der Waals surface area contributed by atoms with Crippen LogP contribution in [0.3, 0.4) is 0 Å². The molecule has 1 unspecified atom stereocenters. The van der Waals surface area contributed by atoms with Crippen LogP contribution in [0.4, 0.5) is 0 Å². The number of hydrogen-bond donors (Lipinski definition) is 0. The van der Waals surface area contributed by atoms with E-state index in [1.807, 2.05) is 6.20 Å². The van der Waals surface area contributed by atoms with Crippen molar-refractivity contribution in [1.82, 2.24) is 9.38 Å². The van der Waals surface area contributed by atoms with Gasteiger partial charge in [-0.3, -0.25) is 0 Å². The minimum absolute atomic E-state index is 0.818. The number of rotatable bonds is 2. The van der Waals surface area contributed by atoms with E-state index in [-0.39, 0.29) is 0 Å². The summed E-state index contributed by atoms with van der Waals surface area (Å²) in [5, 5.41) is 0. The van der Waals surface area contributed by atoms with Crippen molar-refractivity contribution < 1.29 is 0 Å². The second-order valence-corrected chi connectivity index (χ2v) is 6.04. The maximum Gasteiger partial charge on any atom is 0.113 e. The quantitative estimate of drug-likeness (QED) is 0.808. The average molecular weight is 246 g/mol. The highest BCUT2D eigenvalue weighted by Gasteiger charge is 2.17. The molecule has 0 N–H and O–H groups in total. The third-order valence-corrected chi connectivity index (χ3v) is 4.83. The fraction of sp³-hybridized carbons (Fsp3) is 0.500. The predicted octanol–water partition coefficient (Wildman–Crippen LogP) is 3.33. The minimum atomic E-state index is 0.818. The number of imidazole rings is 1. The number of nitrogens with zero attached hydrogens (tertiary/aromatic N) is 2. The van der Waals surface area contributed by atoms with Gasteiger partial charge in [-0.1, -0.05) is 6.07 Å². The molecule has 3 heterocycles. The van der Waals surface area contributed by atoms with Crippen molar-refractivity contribution >= 4 is 17.3 Å². The van der Waals surface area contributed by atoms with Crippen LogP contribution < -0.4 is 0 Å². The summed E-state index contributed by atoms with van der Waals surface area (Å²) >= 11 is 2.10.